The molecule has 0 atom stereocenters. The number of fused-ring (bicyclic) bond motifs is 2. The largest absolute Gasteiger partial charge is 0.452 e. The van der Waals surface area contributed by atoms with Gasteiger partial charge in [-0.15, -0.1) is 0 Å². The summed E-state index contributed by atoms with van der Waals surface area (Å²) >= 11 is 0. The number of anilines is 1. The van der Waals surface area contributed by atoms with Crippen molar-refractivity contribution in [2.75, 3.05) is 11.9 Å². The topological polar surface area (TPSA) is 107 Å². The van der Waals surface area contributed by atoms with Crippen molar-refractivity contribution in [3.8, 4) is 0 Å². The molecule has 0 saturated carbocycles. The minimum Gasteiger partial charge on any atom is -0.452 e. The number of hydrogen-bond donors (Lipinski definition) is 1. The first-order valence-corrected chi connectivity index (χ1v) is 10.5. The number of ketones is 1. The van der Waals surface area contributed by atoms with Crippen LogP contribution in [0.2, 0.25) is 0 Å². The molecule has 0 saturated heterocycles. The van der Waals surface area contributed by atoms with Gasteiger partial charge in [0.05, 0.1) is 16.5 Å². The van der Waals surface area contributed by atoms with E-state index in [1.165, 1.54) is 19.1 Å². The van der Waals surface area contributed by atoms with Gasteiger partial charge in [0, 0.05) is 24.2 Å². The molecule has 0 radical (unpaired) electrons. The molecular weight excluding hydrogens is 410 g/mol. The van der Waals surface area contributed by atoms with Gasteiger partial charge in [0.1, 0.15) is 5.82 Å². The quantitative estimate of drug-likeness (QED) is 0.489. The van der Waals surface area contributed by atoms with Crippen LogP contribution < -0.4 is 10.9 Å². The number of rotatable bonds is 5. The van der Waals surface area contributed by atoms with Crippen molar-refractivity contribution in [2.45, 2.75) is 39.2 Å². The van der Waals surface area contributed by atoms with Crippen LogP contribution in [-0.2, 0) is 22.5 Å². The molecule has 0 unspecified atom stereocenters. The van der Waals surface area contributed by atoms with Gasteiger partial charge in [0.15, 0.2) is 12.4 Å². The predicted molar refractivity (Wildman–Crippen MR) is 119 cm³/mol. The molecule has 2 aromatic carbocycles. The van der Waals surface area contributed by atoms with E-state index < -0.39 is 18.5 Å². The van der Waals surface area contributed by atoms with E-state index in [1.54, 1.807) is 34.9 Å². The Labute approximate surface area is 184 Å². The highest BCUT2D eigenvalue weighted by Crippen LogP contribution is 2.17. The lowest BCUT2D eigenvalue weighted by Gasteiger charge is -2.11. The molecule has 3 aromatic rings. The number of aryl methyl sites for hydroxylation is 1. The molecule has 1 aromatic heterocycles. The third-order valence-corrected chi connectivity index (χ3v) is 5.44. The Bertz CT molecular complexity index is 1280. The second kappa shape index (κ2) is 9.13. The summed E-state index contributed by atoms with van der Waals surface area (Å²) < 4.78 is 6.84. The standard InChI is InChI=1S/C24H23N3O5/c1-15(28)16-6-5-7-18(12-16)25-22(29)14-32-24(31)17-9-10-19-20(13-17)26-21-8-3-2-4-11-27(21)23(19)30/h5-7,9-10,12-13H,2-4,8,11,14H2,1H3,(H,25,29). The maximum absolute atomic E-state index is 12.8. The smallest absolute Gasteiger partial charge is 0.338 e. The average molecular weight is 433 g/mol. The first kappa shape index (κ1) is 21.4. The number of aromatic nitrogens is 2. The number of esters is 1. The zero-order valence-electron chi connectivity index (χ0n) is 17.7. The summed E-state index contributed by atoms with van der Waals surface area (Å²) in [5, 5.41) is 3.05. The lowest BCUT2D eigenvalue weighted by atomic mass is 10.1. The molecule has 4 rings (SSSR count). The van der Waals surface area contributed by atoms with Gasteiger partial charge in [-0.05, 0) is 50.1 Å². The number of Topliss-reactive ketones (excluding diaryl/α,β-unsaturated/α-hetero) is 1. The van der Waals surface area contributed by atoms with Gasteiger partial charge >= 0.3 is 5.97 Å². The van der Waals surface area contributed by atoms with Gasteiger partial charge < -0.3 is 10.1 Å². The molecule has 32 heavy (non-hydrogen) atoms. The second-order valence-corrected chi connectivity index (χ2v) is 7.79. The summed E-state index contributed by atoms with van der Waals surface area (Å²) in [6.45, 7) is 1.61. The normalized spacial score (nSPS) is 13.2. The zero-order valence-corrected chi connectivity index (χ0v) is 17.7. The monoisotopic (exact) mass is 433 g/mol. The van der Waals surface area contributed by atoms with Crippen LogP contribution in [-0.4, -0.2) is 33.8 Å². The Morgan fingerprint density at radius 1 is 1.06 bits per heavy atom. The molecule has 164 valence electrons. The van der Waals surface area contributed by atoms with Gasteiger partial charge in [-0.25, -0.2) is 9.78 Å². The van der Waals surface area contributed by atoms with E-state index in [0.29, 0.717) is 28.7 Å². The van der Waals surface area contributed by atoms with Crippen LogP contribution in [0.1, 0.15) is 52.7 Å². The number of ether oxygens (including phenoxy) is 1. The molecule has 0 aliphatic carbocycles. The first-order valence-electron chi connectivity index (χ1n) is 10.5. The molecule has 1 aliphatic heterocycles. The minimum absolute atomic E-state index is 0.0982. The minimum atomic E-state index is -0.684. The third-order valence-electron chi connectivity index (χ3n) is 5.44. The first-order chi connectivity index (χ1) is 15.4. The van der Waals surface area contributed by atoms with Crippen LogP contribution in [0.3, 0.4) is 0 Å². The van der Waals surface area contributed by atoms with Gasteiger partial charge in [-0.2, -0.15) is 0 Å². The third kappa shape index (κ3) is 4.59. The Balaban J connectivity index is 1.45. The number of nitrogens with one attached hydrogen (secondary N) is 1. The fourth-order valence-electron chi connectivity index (χ4n) is 3.77. The summed E-state index contributed by atoms with van der Waals surface area (Å²) in [7, 11) is 0. The van der Waals surface area contributed by atoms with Crippen molar-refractivity contribution in [1.82, 2.24) is 9.55 Å². The van der Waals surface area contributed by atoms with Crippen LogP contribution in [0.4, 0.5) is 5.69 Å². The molecule has 2 heterocycles. The van der Waals surface area contributed by atoms with E-state index >= 15 is 0 Å². The summed E-state index contributed by atoms with van der Waals surface area (Å²) in [5.74, 6) is -0.593. The van der Waals surface area contributed by atoms with E-state index in [1.807, 2.05) is 0 Å². The highest BCUT2D eigenvalue weighted by Gasteiger charge is 2.16. The Morgan fingerprint density at radius 2 is 1.91 bits per heavy atom. The zero-order chi connectivity index (χ0) is 22.7. The maximum atomic E-state index is 12.8. The Hall–Kier alpha value is -3.81. The number of hydrogen-bond acceptors (Lipinski definition) is 6. The van der Waals surface area contributed by atoms with Crippen LogP contribution in [0.5, 0.6) is 0 Å². The van der Waals surface area contributed by atoms with Crippen LogP contribution in [0, 0.1) is 0 Å². The van der Waals surface area contributed by atoms with E-state index in [0.717, 1.165) is 31.5 Å². The SMILES string of the molecule is CC(=O)c1cccc(NC(=O)COC(=O)c2ccc3c(=O)n4c(nc3c2)CCCCC4)c1. The van der Waals surface area contributed by atoms with E-state index in [2.05, 4.69) is 10.3 Å². The van der Waals surface area contributed by atoms with Crippen LogP contribution in [0.25, 0.3) is 10.9 Å². The van der Waals surface area contributed by atoms with Crippen molar-refractivity contribution < 1.29 is 19.1 Å². The van der Waals surface area contributed by atoms with E-state index in [9.17, 15) is 19.2 Å². The van der Waals surface area contributed by atoms with Crippen molar-refractivity contribution in [1.29, 1.82) is 0 Å². The molecule has 0 spiro atoms. The average Bonchev–Trinajstić information content (AvgIpc) is 3.03. The summed E-state index contributed by atoms with van der Waals surface area (Å²) in [6, 6.07) is 11.1. The predicted octanol–water partition coefficient (Wildman–Crippen LogP) is 3.12. The number of benzene rings is 2. The lowest BCUT2D eigenvalue weighted by molar-refractivity contribution is -0.119. The summed E-state index contributed by atoms with van der Waals surface area (Å²) in [4.78, 5) is 53.5. The fraction of sp³-hybridized carbons (Fsp3) is 0.292. The van der Waals surface area contributed by atoms with Crippen molar-refractivity contribution in [3.05, 3.63) is 69.8 Å². The second-order valence-electron chi connectivity index (χ2n) is 7.79. The van der Waals surface area contributed by atoms with Gasteiger partial charge in [0.2, 0.25) is 0 Å². The van der Waals surface area contributed by atoms with E-state index in [-0.39, 0.29) is 16.9 Å². The molecule has 0 bridgehead atoms. The number of carbonyl (C=O) groups is 3. The van der Waals surface area contributed by atoms with Gasteiger partial charge in [-0.3, -0.25) is 19.0 Å². The Kier molecular flexibility index (Phi) is 6.11. The van der Waals surface area contributed by atoms with Crippen molar-refractivity contribution in [3.63, 3.8) is 0 Å². The highest BCUT2D eigenvalue weighted by atomic mass is 16.5. The number of nitrogens with zero attached hydrogens (tertiary/aromatic N) is 2. The number of amides is 1. The fourth-order valence-corrected chi connectivity index (χ4v) is 3.77. The summed E-state index contributed by atoms with van der Waals surface area (Å²) in [5.41, 5.74) is 1.48. The van der Waals surface area contributed by atoms with Gasteiger partial charge in [-0.1, -0.05) is 18.6 Å². The van der Waals surface area contributed by atoms with Crippen LogP contribution >= 0.6 is 0 Å². The molecule has 1 amide bonds. The van der Waals surface area contributed by atoms with E-state index in [4.69, 9.17) is 4.74 Å². The maximum Gasteiger partial charge on any atom is 0.338 e. The van der Waals surface area contributed by atoms with Crippen molar-refractivity contribution >= 4 is 34.3 Å². The molecule has 0 fully saturated rings. The molecule has 1 N–H and O–H groups in total. The molecule has 8 heteroatoms. The molecule has 1 aliphatic rings. The highest BCUT2D eigenvalue weighted by molar-refractivity contribution is 5.99. The molecule has 8 nitrogen and oxygen atoms in total. The number of carbonyl (C=O) groups excluding carboxylic acids is 3. The van der Waals surface area contributed by atoms with Gasteiger partial charge in [0.25, 0.3) is 11.5 Å². The summed E-state index contributed by atoms with van der Waals surface area (Å²) in [6.07, 6.45) is 3.71. The Morgan fingerprint density at radius 3 is 2.72 bits per heavy atom. The molecular formula is C24H23N3O5. The van der Waals surface area contributed by atoms with Crippen LogP contribution in [0.15, 0.2) is 47.3 Å². The van der Waals surface area contributed by atoms with Crippen molar-refractivity contribution in [2.24, 2.45) is 0 Å². The lowest BCUT2D eigenvalue weighted by Crippen LogP contribution is -2.25.